The lowest BCUT2D eigenvalue weighted by Crippen LogP contribution is -2.40. The summed E-state index contributed by atoms with van der Waals surface area (Å²) in [5.74, 6) is -0.585. The van der Waals surface area contributed by atoms with Crippen LogP contribution in [-0.4, -0.2) is 30.9 Å². The average Bonchev–Trinajstić information content (AvgIpc) is 3.10. The van der Waals surface area contributed by atoms with E-state index in [4.69, 9.17) is 44.3 Å². The van der Waals surface area contributed by atoms with Crippen molar-refractivity contribution in [2.24, 2.45) is 4.99 Å². The summed E-state index contributed by atoms with van der Waals surface area (Å²) in [7, 11) is 1.52. The van der Waals surface area contributed by atoms with Crippen molar-refractivity contribution in [3.63, 3.8) is 0 Å². The summed E-state index contributed by atoms with van der Waals surface area (Å²) in [6, 6.07) is 11.3. The van der Waals surface area contributed by atoms with Crippen LogP contribution < -0.4 is 14.9 Å². The molecule has 10 heteroatoms. The van der Waals surface area contributed by atoms with Crippen LogP contribution >= 0.6 is 46.1 Å². The van der Waals surface area contributed by atoms with Crippen molar-refractivity contribution in [1.82, 2.24) is 4.57 Å². The molecule has 0 N–H and O–H groups in total. The number of aromatic nitrogens is 1. The van der Waals surface area contributed by atoms with Gasteiger partial charge in [0.2, 0.25) is 0 Å². The minimum absolute atomic E-state index is 0.0703. The minimum atomic E-state index is -0.803. The number of esters is 1. The molecule has 0 saturated carbocycles. The van der Waals surface area contributed by atoms with Crippen molar-refractivity contribution in [2.75, 3.05) is 20.3 Å². The fourth-order valence-electron chi connectivity index (χ4n) is 3.63. The van der Waals surface area contributed by atoms with Crippen LogP contribution in [0.5, 0.6) is 0 Å². The zero-order valence-electron chi connectivity index (χ0n) is 18.2. The van der Waals surface area contributed by atoms with Gasteiger partial charge < -0.3 is 9.47 Å². The summed E-state index contributed by atoms with van der Waals surface area (Å²) >= 11 is 20.0. The van der Waals surface area contributed by atoms with Gasteiger partial charge >= 0.3 is 5.97 Å². The van der Waals surface area contributed by atoms with E-state index in [1.807, 2.05) is 0 Å². The maximum absolute atomic E-state index is 13.6. The normalized spacial score (nSPS) is 15.8. The van der Waals surface area contributed by atoms with Gasteiger partial charge in [-0.15, -0.1) is 0 Å². The first-order chi connectivity index (χ1) is 16.3. The first kappa shape index (κ1) is 24.7. The molecule has 2 heterocycles. The number of carbonyl (C=O) groups is 1. The van der Waals surface area contributed by atoms with Crippen molar-refractivity contribution in [1.29, 1.82) is 0 Å². The molecule has 0 aliphatic carbocycles. The molecule has 3 aromatic rings. The number of benzene rings is 2. The maximum atomic E-state index is 13.6. The lowest BCUT2D eigenvalue weighted by Gasteiger charge is -2.25. The second kappa shape index (κ2) is 10.5. The molecule has 0 saturated heterocycles. The Morgan fingerprint density at radius 1 is 1.15 bits per heavy atom. The Balaban J connectivity index is 1.92. The SMILES string of the molecule is COCCOC(=O)C1=C(C)N=c2s/c(=C\c3ccc(Cl)cc3Cl)c(=O)n2[C@H]1c1ccccc1Cl. The van der Waals surface area contributed by atoms with Crippen molar-refractivity contribution in [3.8, 4) is 0 Å². The van der Waals surface area contributed by atoms with Crippen LogP contribution in [0.1, 0.15) is 24.1 Å². The van der Waals surface area contributed by atoms with Gasteiger partial charge in [-0.2, -0.15) is 0 Å². The molecule has 176 valence electrons. The van der Waals surface area contributed by atoms with Crippen LogP contribution in [0.15, 0.2) is 63.5 Å². The van der Waals surface area contributed by atoms with E-state index >= 15 is 0 Å². The second-order valence-corrected chi connectivity index (χ2v) is 9.66. The van der Waals surface area contributed by atoms with Crippen LogP contribution in [-0.2, 0) is 14.3 Å². The maximum Gasteiger partial charge on any atom is 0.338 e. The third-order valence-electron chi connectivity index (χ3n) is 5.21. The molecular weight excluding hydrogens is 519 g/mol. The predicted molar refractivity (Wildman–Crippen MR) is 135 cm³/mol. The monoisotopic (exact) mass is 536 g/mol. The molecule has 0 unspecified atom stereocenters. The summed E-state index contributed by atoms with van der Waals surface area (Å²) in [6.45, 7) is 2.03. The first-order valence-electron chi connectivity index (χ1n) is 10.2. The predicted octanol–water partition coefficient (Wildman–Crippen LogP) is 4.39. The third-order valence-corrected chi connectivity index (χ3v) is 7.10. The van der Waals surface area contributed by atoms with E-state index in [1.54, 1.807) is 55.5 Å². The lowest BCUT2D eigenvalue weighted by molar-refractivity contribution is -0.140. The number of hydrogen-bond acceptors (Lipinski definition) is 6. The van der Waals surface area contributed by atoms with Crippen molar-refractivity contribution in [2.45, 2.75) is 13.0 Å². The van der Waals surface area contributed by atoms with Gasteiger partial charge in [0.25, 0.3) is 5.56 Å². The Hall–Kier alpha value is -2.42. The number of hydrogen-bond donors (Lipinski definition) is 0. The van der Waals surface area contributed by atoms with Crippen LogP contribution in [0, 0.1) is 0 Å². The molecule has 6 nitrogen and oxygen atoms in total. The number of halogens is 3. The van der Waals surface area contributed by atoms with E-state index < -0.39 is 12.0 Å². The molecule has 34 heavy (non-hydrogen) atoms. The summed E-state index contributed by atoms with van der Waals surface area (Å²) in [6.07, 6.45) is 1.68. The Morgan fingerprint density at radius 2 is 1.91 bits per heavy atom. The molecule has 2 aromatic carbocycles. The molecule has 1 aliphatic rings. The first-order valence-corrected chi connectivity index (χ1v) is 12.1. The van der Waals surface area contributed by atoms with E-state index in [0.717, 1.165) is 0 Å². The number of fused-ring (bicyclic) bond motifs is 1. The third kappa shape index (κ3) is 4.85. The molecule has 1 atom stereocenters. The van der Waals surface area contributed by atoms with Gasteiger partial charge in [-0.05, 0) is 42.3 Å². The Labute approximate surface area is 214 Å². The van der Waals surface area contributed by atoms with E-state index in [-0.39, 0.29) is 24.3 Å². The lowest BCUT2D eigenvalue weighted by atomic mass is 9.96. The largest absolute Gasteiger partial charge is 0.460 e. The number of rotatable bonds is 6. The van der Waals surface area contributed by atoms with Gasteiger partial charge in [-0.3, -0.25) is 9.36 Å². The number of allylic oxidation sites excluding steroid dienone is 1. The van der Waals surface area contributed by atoms with Crippen molar-refractivity contribution in [3.05, 3.63) is 99.6 Å². The molecular formula is C24H19Cl3N2O4S. The standard InChI is InChI=1S/C24H19Cl3N2O4S/c1-13-20(23(31)33-10-9-32-2)21(16-5-3-4-6-17(16)26)29-22(30)19(34-24(29)28-13)11-14-7-8-15(25)12-18(14)27/h3-8,11-12,21H,9-10H2,1-2H3/b19-11-/t21-/m0/s1. The van der Waals surface area contributed by atoms with E-state index in [9.17, 15) is 9.59 Å². The minimum Gasteiger partial charge on any atom is -0.460 e. The summed E-state index contributed by atoms with van der Waals surface area (Å²) in [4.78, 5) is 31.7. The van der Waals surface area contributed by atoms with Gasteiger partial charge in [-0.1, -0.05) is 70.4 Å². The molecule has 0 radical (unpaired) electrons. The fourth-order valence-corrected chi connectivity index (χ4v) is 5.37. The molecule has 0 spiro atoms. The van der Waals surface area contributed by atoms with Crippen LogP contribution in [0.4, 0.5) is 0 Å². The summed E-state index contributed by atoms with van der Waals surface area (Å²) < 4.78 is 12.2. The summed E-state index contributed by atoms with van der Waals surface area (Å²) in [5.41, 5.74) is 1.60. The van der Waals surface area contributed by atoms with Crippen molar-refractivity contribution < 1.29 is 14.3 Å². The van der Waals surface area contributed by atoms with Gasteiger partial charge in [0.1, 0.15) is 12.6 Å². The van der Waals surface area contributed by atoms with Gasteiger partial charge in [0.15, 0.2) is 4.80 Å². The number of nitrogens with zero attached hydrogens (tertiary/aromatic N) is 2. The average molecular weight is 538 g/mol. The molecule has 4 rings (SSSR count). The summed E-state index contributed by atoms with van der Waals surface area (Å²) in [5, 5.41) is 1.33. The van der Waals surface area contributed by atoms with Crippen LogP contribution in [0.2, 0.25) is 15.1 Å². The molecule has 1 aliphatic heterocycles. The molecule has 0 amide bonds. The quantitative estimate of drug-likeness (QED) is 0.346. The highest BCUT2D eigenvalue weighted by molar-refractivity contribution is 7.07. The molecule has 0 fully saturated rings. The topological polar surface area (TPSA) is 69.9 Å². The molecule has 1 aromatic heterocycles. The zero-order valence-corrected chi connectivity index (χ0v) is 21.3. The smallest absolute Gasteiger partial charge is 0.338 e. The Morgan fingerprint density at radius 3 is 2.62 bits per heavy atom. The highest BCUT2D eigenvalue weighted by atomic mass is 35.5. The van der Waals surface area contributed by atoms with Gasteiger partial charge in [0, 0.05) is 22.2 Å². The fraction of sp³-hybridized carbons (Fsp3) is 0.208. The zero-order chi connectivity index (χ0) is 24.4. The highest BCUT2D eigenvalue weighted by Gasteiger charge is 2.34. The number of methoxy groups -OCH3 is 1. The molecule has 0 bridgehead atoms. The highest BCUT2D eigenvalue weighted by Crippen LogP contribution is 2.34. The Kier molecular flexibility index (Phi) is 7.60. The van der Waals surface area contributed by atoms with Crippen LogP contribution in [0.3, 0.4) is 0 Å². The van der Waals surface area contributed by atoms with Gasteiger partial charge in [-0.25, -0.2) is 9.79 Å². The number of ether oxygens (including phenoxy) is 2. The van der Waals surface area contributed by atoms with E-state index in [1.165, 1.54) is 23.0 Å². The van der Waals surface area contributed by atoms with Crippen LogP contribution in [0.25, 0.3) is 6.08 Å². The number of thiazole rings is 1. The Bertz CT molecular complexity index is 1480. The van der Waals surface area contributed by atoms with Crippen molar-refractivity contribution >= 4 is 58.2 Å². The number of carbonyl (C=O) groups excluding carboxylic acids is 1. The second-order valence-electron chi connectivity index (χ2n) is 7.40. The van der Waals surface area contributed by atoms with Gasteiger partial charge in [0.05, 0.1) is 22.4 Å². The van der Waals surface area contributed by atoms with E-state index in [0.29, 0.717) is 41.2 Å². The van der Waals surface area contributed by atoms with E-state index in [2.05, 4.69) is 4.99 Å².